The van der Waals surface area contributed by atoms with E-state index in [9.17, 15) is 0 Å². The van der Waals surface area contributed by atoms with Crippen molar-refractivity contribution in [3.05, 3.63) is 58.1 Å². The Bertz CT molecular complexity index is 562. The van der Waals surface area contributed by atoms with Crippen molar-refractivity contribution < 1.29 is 0 Å². The van der Waals surface area contributed by atoms with Crippen LogP contribution in [0.2, 0.25) is 0 Å². The first-order chi connectivity index (χ1) is 10.5. The molecular weight excluding hydrogens is 357 g/mol. The molecule has 6 heteroatoms. The summed E-state index contributed by atoms with van der Waals surface area (Å²) in [6.45, 7) is 4.25. The summed E-state index contributed by atoms with van der Waals surface area (Å²) < 4.78 is 3.69. The summed E-state index contributed by atoms with van der Waals surface area (Å²) in [7, 11) is 4.34. The number of nitrogens with two attached hydrogens (primary N) is 2. The molecule has 1 radical (unpaired) electrons. The van der Waals surface area contributed by atoms with E-state index in [-0.39, 0.29) is 0 Å². The summed E-state index contributed by atoms with van der Waals surface area (Å²) >= 11 is 6.55. The van der Waals surface area contributed by atoms with Gasteiger partial charge in [0.05, 0.1) is 0 Å². The van der Waals surface area contributed by atoms with Crippen LogP contribution in [0.5, 0.6) is 0 Å². The number of nitrogens with zero attached hydrogens (tertiary/aromatic N) is 1. The predicted octanol–water partition coefficient (Wildman–Crippen LogP) is 4.61. The molecule has 0 spiro atoms. The molecule has 4 N–H and O–H groups in total. The van der Waals surface area contributed by atoms with Crippen molar-refractivity contribution in [3.63, 3.8) is 0 Å². The van der Waals surface area contributed by atoms with Crippen molar-refractivity contribution in [1.29, 1.82) is 0 Å². The molecule has 0 aliphatic rings. The van der Waals surface area contributed by atoms with Gasteiger partial charge in [-0.3, -0.25) is 0 Å². The zero-order chi connectivity index (χ0) is 17.0. The molecule has 0 amide bonds. The van der Waals surface area contributed by atoms with Gasteiger partial charge in [0.2, 0.25) is 0 Å². The van der Waals surface area contributed by atoms with Gasteiger partial charge in [0.25, 0.3) is 0 Å². The van der Waals surface area contributed by atoms with Gasteiger partial charge >= 0.3 is 24.8 Å². The van der Waals surface area contributed by atoms with Gasteiger partial charge in [0.1, 0.15) is 0 Å². The van der Waals surface area contributed by atoms with E-state index >= 15 is 0 Å². The second-order valence-electron chi connectivity index (χ2n) is 4.42. The first-order valence-corrected chi connectivity index (χ1v) is 8.10. The van der Waals surface area contributed by atoms with E-state index in [1.165, 1.54) is 11.1 Å². The van der Waals surface area contributed by atoms with Gasteiger partial charge in [-0.05, 0) is 64.2 Å². The molecule has 2 aromatic carbocycles. The zero-order valence-corrected chi connectivity index (χ0v) is 15.4. The maximum atomic E-state index is 5.60. The molecule has 0 heterocycles. The van der Waals surface area contributed by atoms with Crippen molar-refractivity contribution in [2.45, 2.75) is 26.7 Å². The van der Waals surface area contributed by atoms with E-state index in [0.29, 0.717) is 0 Å². The van der Waals surface area contributed by atoms with Gasteiger partial charge in [0.15, 0.2) is 0 Å². The van der Waals surface area contributed by atoms with Crippen LogP contribution in [0.15, 0.2) is 51.2 Å². The molecule has 0 fully saturated rings. The van der Waals surface area contributed by atoms with Gasteiger partial charge in [-0.2, -0.15) is 0 Å². The molecule has 0 unspecified atom stereocenters. The predicted molar refractivity (Wildman–Crippen MR) is 105 cm³/mol. The summed E-state index contributed by atoms with van der Waals surface area (Å²) in [5.74, 6) is 0. The van der Waals surface area contributed by atoms with Crippen molar-refractivity contribution in [1.82, 2.24) is 0 Å². The summed E-state index contributed by atoms with van der Waals surface area (Å²) in [5.41, 5.74) is 15.4. The average molecular weight is 379 g/mol. The molecule has 0 saturated heterocycles. The molecule has 0 saturated carbocycles. The van der Waals surface area contributed by atoms with Crippen LogP contribution < -0.4 is 11.5 Å². The number of halogens is 1. The second kappa shape index (κ2) is 12.3. The molecule has 0 atom stereocenters. The standard InChI is InChI=1S/C8H10BrN.C8H11N.BHNS/c1-2-6-3-4-8(10)7(9)5-6;1-2-7-3-5-8(9)6-4-7;1-2-3/h3-5H,2,10H2,1H3;3-6H,2,9H2,1H3;3H. The second-order valence-corrected chi connectivity index (χ2v) is 5.51. The Morgan fingerprint density at radius 1 is 1.00 bits per heavy atom. The van der Waals surface area contributed by atoms with Crippen LogP contribution in [-0.2, 0) is 12.8 Å². The molecule has 0 aliphatic carbocycles. The molecule has 3 nitrogen and oxygen atoms in total. The summed E-state index contributed by atoms with van der Waals surface area (Å²) in [4.78, 5) is 0. The number of aryl methyl sites for hydroxylation is 2. The number of thiol groups is 1. The topological polar surface area (TPSA) is 64.4 Å². The van der Waals surface area contributed by atoms with Gasteiger partial charge in [-0.15, -0.1) is 0 Å². The summed E-state index contributed by atoms with van der Waals surface area (Å²) in [5, 5.41) is 0. The zero-order valence-electron chi connectivity index (χ0n) is 13.0. The molecule has 0 aliphatic heterocycles. The van der Waals surface area contributed by atoms with E-state index in [4.69, 9.17) is 11.5 Å². The molecular formula is C16H22BBrN3S. The Balaban J connectivity index is 0.000000342. The third-order valence-corrected chi connectivity index (χ3v) is 3.55. The van der Waals surface area contributed by atoms with Crippen LogP contribution in [0.4, 0.5) is 11.4 Å². The normalized spacial score (nSPS) is 8.86. The van der Waals surface area contributed by atoms with E-state index in [0.717, 1.165) is 28.7 Å². The first kappa shape index (κ1) is 20.7. The van der Waals surface area contributed by atoms with Gasteiger partial charge in [-0.25, -0.2) is 0 Å². The third kappa shape index (κ3) is 8.90. The minimum atomic E-state index is 0.803. The van der Waals surface area contributed by atoms with E-state index < -0.39 is 0 Å². The fourth-order valence-corrected chi connectivity index (χ4v) is 1.97. The van der Waals surface area contributed by atoms with Crippen LogP contribution in [0.3, 0.4) is 0 Å². The van der Waals surface area contributed by atoms with Crippen LogP contribution in [0.25, 0.3) is 0 Å². The fourth-order valence-electron chi connectivity index (χ4n) is 1.54. The van der Waals surface area contributed by atoms with Crippen molar-refractivity contribution >= 4 is 47.8 Å². The molecule has 2 rings (SSSR count). The molecule has 2 aromatic rings. The van der Waals surface area contributed by atoms with E-state index in [1.54, 1.807) is 0 Å². The summed E-state index contributed by atoms with van der Waals surface area (Å²) in [6, 6.07) is 14.0. The number of anilines is 2. The Kier molecular flexibility index (Phi) is 11.6. The van der Waals surface area contributed by atoms with Gasteiger partial charge in [0, 0.05) is 15.8 Å². The van der Waals surface area contributed by atoms with Crippen molar-refractivity contribution in [2.24, 2.45) is 4.30 Å². The number of nitrogen functional groups attached to an aromatic ring is 2. The quantitative estimate of drug-likeness (QED) is 0.406. The molecule has 22 heavy (non-hydrogen) atoms. The Labute approximate surface area is 148 Å². The van der Waals surface area contributed by atoms with Crippen molar-refractivity contribution in [3.8, 4) is 0 Å². The van der Waals surface area contributed by atoms with Crippen LogP contribution in [0.1, 0.15) is 25.0 Å². The van der Waals surface area contributed by atoms with Gasteiger partial charge in [-0.1, -0.05) is 32.0 Å². The number of hydrogen-bond donors (Lipinski definition) is 3. The van der Waals surface area contributed by atoms with E-state index in [2.05, 4.69) is 72.7 Å². The van der Waals surface area contributed by atoms with Crippen LogP contribution in [-0.4, -0.2) is 7.64 Å². The first-order valence-electron chi connectivity index (χ1n) is 6.91. The number of rotatable bonds is 2. The Morgan fingerprint density at radius 3 is 1.86 bits per heavy atom. The van der Waals surface area contributed by atoms with Crippen LogP contribution >= 0.6 is 28.7 Å². The van der Waals surface area contributed by atoms with Gasteiger partial charge < -0.3 is 11.5 Å². The molecule has 0 aromatic heterocycles. The Hall–Kier alpha value is -1.27. The van der Waals surface area contributed by atoms with E-state index in [1.807, 2.05) is 24.3 Å². The van der Waals surface area contributed by atoms with Crippen LogP contribution in [0, 0.1) is 0 Å². The SMILES string of the molecule is CCc1ccc(N)c(Br)c1.CCc1ccc(N)cc1.[B]=NS. The Morgan fingerprint density at radius 2 is 1.45 bits per heavy atom. The third-order valence-electron chi connectivity index (χ3n) is 2.86. The fraction of sp³-hybridized carbons (Fsp3) is 0.250. The number of benzene rings is 2. The van der Waals surface area contributed by atoms with Crippen molar-refractivity contribution in [2.75, 3.05) is 11.5 Å². The monoisotopic (exact) mass is 378 g/mol. The average Bonchev–Trinajstić information content (AvgIpc) is 2.52. The number of hydrogen-bond acceptors (Lipinski definition) is 4. The summed E-state index contributed by atoms with van der Waals surface area (Å²) in [6.07, 6.45) is 2.14. The molecule has 117 valence electrons. The molecule has 0 bridgehead atoms. The minimum absolute atomic E-state index is 0.803. The maximum absolute atomic E-state index is 5.60.